The average Bonchev–Trinajstić information content (AvgIpc) is 2.88. The van der Waals surface area contributed by atoms with Crippen LogP contribution in [0.25, 0.3) is 0 Å². The first-order valence-electron chi connectivity index (χ1n) is 7.70. The number of thiophene rings is 1. The Kier molecular flexibility index (Phi) is 7.63. The Morgan fingerprint density at radius 3 is 2.73 bits per heavy atom. The molecule has 0 aliphatic heterocycles. The third kappa shape index (κ3) is 6.33. The fraction of sp³-hybridized carbons (Fsp3) is 0.467. The van der Waals surface area contributed by atoms with Crippen molar-refractivity contribution in [1.82, 2.24) is 14.3 Å². The molecule has 1 atom stereocenters. The molecule has 2 rings (SSSR count). The molecule has 26 heavy (non-hydrogen) atoms. The van der Waals surface area contributed by atoms with Crippen LogP contribution in [-0.4, -0.2) is 25.9 Å². The van der Waals surface area contributed by atoms with E-state index in [4.69, 9.17) is 27.9 Å². The number of nitrogens with zero attached hydrogens (tertiary/aromatic N) is 1. The Balaban J connectivity index is 1.76. The Morgan fingerprint density at radius 2 is 2.12 bits per heavy atom. The summed E-state index contributed by atoms with van der Waals surface area (Å²) in [5.74, 6) is 0. The highest BCUT2D eigenvalue weighted by molar-refractivity contribution is 7.85. The van der Waals surface area contributed by atoms with Crippen LogP contribution >= 0.6 is 34.5 Å². The van der Waals surface area contributed by atoms with Gasteiger partial charge in [0.25, 0.3) is 5.56 Å². The highest BCUT2D eigenvalue weighted by Gasteiger charge is 2.22. The van der Waals surface area contributed by atoms with Crippen molar-refractivity contribution < 1.29 is 8.95 Å². The van der Waals surface area contributed by atoms with Crippen LogP contribution in [0.1, 0.15) is 26.7 Å². The molecule has 0 amide bonds. The molecule has 0 aliphatic carbocycles. The van der Waals surface area contributed by atoms with Crippen LogP contribution in [0.5, 0.6) is 0 Å². The van der Waals surface area contributed by atoms with E-state index in [0.717, 1.165) is 0 Å². The molecule has 144 valence electrons. The van der Waals surface area contributed by atoms with E-state index in [0.29, 0.717) is 33.0 Å². The molecule has 0 aromatic carbocycles. The van der Waals surface area contributed by atoms with Gasteiger partial charge in [0.15, 0.2) is 0 Å². The zero-order valence-corrected chi connectivity index (χ0v) is 17.4. The van der Waals surface area contributed by atoms with Crippen LogP contribution < -0.4 is 16.0 Å². The first-order chi connectivity index (χ1) is 12.2. The summed E-state index contributed by atoms with van der Waals surface area (Å²) in [5.41, 5.74) is -1.35. The zero-order chi connectivity index (χ0) is 19.3. The van der Waals surface area contributed by atoms with Crippen molar-refractivity contribution in [2.24, 2.45) is 0 Å². The maximum atomic E-state index is 12.4. The monoisotopic (exact) mass is 439 g/mol. The van der Waals surface area contributed by atoms with Crippen LogP contribution in [0.15, 0.2) is 32.1 Å². The summed E-state index contributed by atoms with van der Waals surface area (Å²) in [7, 11) is -1.40. The van der Waals surface area contributed by atoms with E-state index in [1.54, 1.807) is 6.07 Å². The minimum Gasteiger partial charge on any atom is -0.361 e. The van der Waals surface area contributed by atoms with Gasteiger partial charge >= 0.3 is 5.69 Å². The number of nitrogens with one attached hydrogen (secondary N) is 2. The largest absolute Gasteiger partial charge is 0.361 e. The van der Waals surface area contributed by atoms with Crippen LogP contribution in [0.4, 0.5) is 0 Å². The molecule has 0 spiro atoms. The van der Waals surface area contributed by atoms with Gasteiger partial charge in [-0.15, -0.1) is 11.3 Å². The molecule has 2 N–H and O–H groups in total. The average molecular weight is 440 g/mol. The van der Waals surface area contributed by atoms with Gasteiger partial charge in [-0.25, -0.2) is 13.7 Å². The summed E-state index contributed by atoms with van der Waals surface area (Å²) < 4.78 is 23.1. The number of aromatic nitrogens is 2. The second-order valence-electron chi connectivity index (χ2n) is 6.16. The molecule has 11 heteroatoms. The molecular formula is C15H19Cl2N3O4S2. The van der Waals surface area contributed by atoms with Gasteiger partial charge in [0.1, 0.15) is 26.3 Å². The van der Waals surface area contributed by atoms with Gasteiger partial charge in [-0.05, 0) is 32.8 Å². The SMILES string of the molecule is CC(C)(CCCOCn1ccc(=O)[nH]c1=O)NS(=O)c1cc(Cl)c(Cl)s1. The second kappa shape index (κ2) is 9.29. The van der Waals surface area contributed by atoms with Gasteiger partial charge < -0.3 is 4.74 Å². The van der Waals surface area contributed by atoms with E-state index in [-0.39, 0.29) is 6.73 Å². The minimum absolute atomic E-state index is 0.0571. The molecule has 2 aromatic heterocycles. The first-order valence-corrected chi connectivity index (χ1v) is 10.4. The quantitative estimate of drug-likeness (QED) is 0.587. The van der Waals surface area contributed by atoms with Crippen molar-refractivity contribution in [3.63, 3.8) is 0 Å². The van der Waals surface area contributed by atoms with Crippen LogP contribution in [0.2, 0.25) is 9.36 Å². The summed E-state index contributed by atoms with van der Waals surface area (Å²) in [4.78, 5) is 24.7. The second-order valence-corrected chi connectivity index (χ2v) is 9.66. The van der Waals surface area contributed by atoms with E-state index < -0.39 is 27.8 Å². The predicted octanol–water partition coefficient (Wildman–Crippen LogP) is 2.75. The standard InChI is InChI=1S/C15H19Cl2N3O4S2/c1-15(2,19-26(23)12-8-10(16)13(17)25-12)5-3-7-24-9-20-6-4-11(21)18-14(20)22/h4,6,8,19H,3,5,7,9H2,1-2H3,(H,18,21,22). The molecule has 2 aromatic rings. The number of hydrogen-bond acceptors (Lipinski definition) is 5. The van der Waals surface area contributed by atoms with E-state index in [9.17, 15) is 13.8 Å². The van der Waals surface area contributed by atoms with Gasteiger partial charge in [-0.1, -0.05) is 23.2 Å². The van der Waals surface area contributed by atoms with E-state index in [2.05, 4.69) is 9.71 Å². The van der Waals surface area contributed by atoms with Gasteiger partial charge in [-0.3, -0.25) is 14.3 Å². The molecule has 0 aliphatic rings. The van der Waals surface area contributed by atoms with E-state index >= 15 is 0 Å². The number of aromatic amines is 1. The Morgan fingerprint density at radius 1 is 1.38 bits per heavy atom. The molecule has 0 fully saturated rings. The Labute approximate surface area is 166 Å². The fourth-order valence-electron chi connectivity index (χ4n) is 2.10. The molecule has 7 nitrogen and oxygen atoms in total. The molecular weight excluding hydrogens is 421 g/mol. The highest BCUT2D eigenvalue weighted by atomic mass is 35.5. The number of H-pyrrole nitrogens is 1. The smallest absolute Gasteiger partial charge is 0.330 e. The Bertz CT molecular complexity index is 872. The zero-order valence-electron chi connectivity index (χ0n) is 14.2. The van der Waals surface area contributed by atoms with Crippen LogP contribution in [0, 0.1) is 0 Å². The minimum atomic E-state index is -1.40. The highest BCUT2D eigenvalue weighted by Crippen LogP contribution is 2.33. The maximum absolute atomic E-state index is 12.4. The van der Waals surface area contributed by atoms with E-state index in [1.165, 1.54) is 28.2 Å². The Hall–Kier alpha value is -0.970. The lowest BCUT2D eigenvalue weighted by Crippen LogP contribution is -2.40. The van der Waals surface area contributed by atoms with Gasteiger partial charge in [0.2, 0.25) is 0 Å². The third-order valence-electron chi connectivity index (χ3n) is 3.39. The number of ether oxygens (including phenoxy) is 1. The van der Waals surface area contributed by atoms with Gasteiger partial charge in [-0.2, -0.15) is 0 Å². The van der Waals surface area contributed by atoms with E-state index in [1.807, 2.05) is 13.8 Å². The van der Waals surface area contributed by atoms with Crippen molar-refractivity contribution in [2.75, 3.05) is 6.61 Å². The molecule has 0 saturated heterocycles. The summed E-state index contributed by atoms with van der Waals surface area (Å²) in [6.07, 6.45) is 2.78. The van der Waals surface area contributed by atoms with Crippen molar-refractivity contribution in [3.05, 3.63) is 48.5 Å². The molecule has 0 radical (unpaired) electrons. The molecule has 1 unspecified atom stereocenters. The summed E-state index contributed by atoms with van der Waals surface area (Å²) in [5, 5.41) is 0.394. The third-order valence-corrected chi connectivity index (χ3v) is 6.98. The summed E-state index contributed by atoms with van der Waals surface area (Å²) in [6.45, 7) is 4.35. The van der Waals surface area contributed by atoms with Crippen molar-refractivity contribution in [1.29, 1.82) is 0 Å². The van der Waals surface area contributed by atoms with Crippen LogP contribution in [0.3, 0.4) is 0 Å². The molecule has 0 saturated carbocycles. The van der Waals surface area contributed by atoms with Crippen LogP contribution in [-0.2, 0) is 22.5 Å². The predicted molar refractivity (Wildman–Crippen MR) is 104 cm³/mol. The van der Waals surface area contributed by atoms with Crippen molar-refractivity contribution in [2.45, 2.75) is 43.2 Å². The normalized spacial score (nSPS) is 13.1. The topological polar surface area (TPSA) is 93.2 Å². The number of rotatable bonds is 9. The number of halogens is 2. The first kappa shape index (κ1) is 21.3. The van der Waals surface area contributed by atoms with Crippen molar-refractivity contribution >= 4 is 45.5 Å². The van der Waals surface area contributed by atoms with Crippen molar-refractivity contribution in [3.8, 4) is 0 Å². The van der Waals surface area contributed by atoms with Gasteiger partial charge in [0, 0.05) is 24.4 Å². The maximum Gasteiger partial charge on any atom is 0.330 e. The lowest BCUT2D eigenvalue weighted by atomic mass is 10.0. The summed E-state index contributed by atoms with van der Waals surface area (Å²) >= 11 is 13.0. The molecule has 0 bridgehead atoms. The lowest BCUT2D eigenvalue weighted by Gasteiger charge is -2.25. The number of hydrogen-bond donors (Lipinski definition) is 2. The molecule has 2 heterocycles. The summed E-state index contributed by atoms with van der Waals surface area (Å²) in [6, 6.07) is 2.86. The lowest BCUT2D eigenvalue weighted by molar-refractivity contribution is 0.0680. The van der Waals surface area contributed by atoms with Gasteiger partial charge in [0.05, 0.1) is 5.02 Å². The fourth-order valence-corrected chi connectivity index (χ4v) is 5.01.